The molecule has 1 N–H and O–H groups in total. The molecule has 1 atom stereocenters. The maximum atomic E-state index is 4.32. The third-order valence-corrected chi connectivity index (χ3v) is 3.92. The zero-order valence-corrected chi connectivity index (χ0v) is 11.1. The first kappa shape index (κ1) is 12.3. The standard InChI is InChI=1S/C14H18N2S/c1-11-16-10-14(17-11)13(15-2)9-8-12-6-4-3-5-7-12/h3-7,10,13,15H,8-9H2,1-2H3. The van der Waals surface area contributed by atoms with Crippen LogP contribution in [-0.2, 0) is 6.42 Å². The van der Waals surface area contributed by atoms with Crippen molar-refractivity contribution in [1.82, 2.24) is 10.3 Å². The molecule has 0 fully saturated rings. The molecule has 17 heavy (non-hydrogen) atoms. The molecule has 1 unspecified atom stereocenters. The summed E-state index contributed by atoms with van der Waals surface area (Å²) in [6.45, 7) is 2.05. The molecule has 0 radical (unpaired) electrons. The van der Waals surface area contributed by atoms with Gasteiger partial charge < -0.3 is 5.32 Å². The summed E-state index contributed by atoms with van der Waals surface area (Å²) in [6, 6.07) is 11.0. The number of hydrogen-bond donors (Lipinski definition) is 1. The minimum atomic E-state index is 0.418. The second-order valence-electron chi connectivity index (χ2n) is 4.15. The first-order chi connectivity index (χ1) is 8.29. The summed E-state index contributed by atoms with van der Waals surface area (Å²) in [6.07, 6.45) is 4.21. The van der Waals surface area contributed by atoms with Crippen molar-refractivity contribution < 1.29 is 0 Å². The predicted octanol–water partition coefficient (Wildman–Crippen LogP) is 3.34. The molecule has 2 aromatic rings. The van der Waals surface area contributed by atoms with Crippen molar-refractivity contribution in [2.24, 2.45) is 0 Å². The van der Waals surface area contributed by atoms with Gasteiger partial charge in [0.1, 0.15) is 0 Å². The van der Waals surface area contributed by atoms with Gasteiger partial charge in [-0.3, -0.25) is 0 Å². The average molecular weight is 246 g/mol. The Kier molecular flexibility index (Phi) is 4.29. The van der Waals surface area contributed by atoms with Crippen molar-refractivity contribution in [3.05, 3.63) is 52.0 Å². The van der Waals surface area contributed by atoms with E-state index in [2.05, 4.69) is 47.6 Å². The van der Waals surface area contributed by atoms with E-state index >= 15 is 0 Å². The Morgan fingerprint density at radius 2 is 2.06 bits per heavy atom. The second-order valence-corrected chi connectivity index (χ2v) is 5.41. The molecule has 2 nitrogen and oxygen atoms in total. The summed E-state index contributed by atoms with van der Waals surface area (Å²) >= 11 is 1.78. The number of nitrogens with one attached hydrogen (secondary N) is 1. The molecule has 0 spiro atoms. The first-order valence-electron chi connectivity index (χ1n) is 5.93. The highest BCUT2D eigenvalue weighted by atomic mass is 32.1. The van der Waals surface area contributed by atoms with E-state index in [-0.39, 0.29) is 0 Å². The van der Waals surface area contributed by atoms with Gasteiger partial charge in [0.2, 0.25) is 0 Å². The zero-order chi connectivity index (χ0) is 12.1. The van der Waals surface area contributed by atoms with Crippen molar-refractivity contribution in [3.8, 4) is 0 Å². The zero-order valence-electron chi connectivity index (χ0n) is 10.3. The van der Waals surface area contributed by atoms with Crippen LogP contribution < -0.4 is 5.32 Å². The fourth-order valence-electron chi connectivity index (χ4n) is 1.92. The van der Waals surface area contributed by atoms with Crippen LogP contribution in [0.15, 0.2) is 36.5 Å². The quantitative estimate of drug-likeness (QED) is 0.875. The topological polar surface area (TPSA) is 24.9 Å². The minimum Gasteiger partial charge on any atom is -0.312 e. The molecule has 1 aromatic heterocycles. The summed E-state index contributed by atoms with van der Waals surface area (Å²) < 4.78 is 0. The number of rotatable bonds is 5. The Morgan fingerprint density at radius 3 is 2.65 bits per heavy atom. The SMILES string of the molecule is CNC(CCc1ccccc1)c1cnc(C)s1. The summed E-state index contributed by atoms with van der Waals surface area (Å²) in [5, 5.41) is 4.51. The van der Waals surface area contributed by atoms with Gasteiger partial charge in [-0.2, -0.15) is 0 Å². The van der Waals surface area contributed by atoms with Crippen LogP contribution >= 0.6 is 11.3 Å². The van der Waals surface area contributed by atoms with E-state index in [9.17, 15) is 0 Å². The van der Waals surface area contributed by atoms with Gasteiger partial charge in [-0.05, 0) is 32.4 Å². The molecular weight excluding hydrogens is 228 g/mol. The van der Waals surface area contributed by atoms with E-state index in [4.69, 9.17) is 0 Å². The van der Waals surface area contributed by atoms with Gasteiger partial charge in [-0.15, -0.1) is 11.3 Å². The summed E-state index contributed by atoms with van der Waals surface area (Å²) in [4.78, 5) is 5.65. The van der Waals surface area contributed by atoms with Crippen molar-refractivity contribution in [1.29, 1.82) is 0 Å². The molecule has 0 saturated carbocycles. The van der Waals surface area contributed by atoms with Gasteiger partial charge in [-0.25, -0.2) is 4.98 Å². The highest BCUT2D eigenvalue weighted by molar-refractivity contribution is 7.11. The van der Waals surface area contributed by atoms with Crippen LogP contribution in [0, 0.1) is 6.92 Å². The Hall–Kier alpha value is -1.19. The van der Waals surface area contributed by atoms with Crippen LogP contribution in [0.3, 0.4) is 0 Å². The van der Waals surface area contributed by atoms with Crippen LogP contribution in [0.5, 0.6) is 0 Å². The summed E-state index contributed by atoms with van der Waals surface area (Å²) in [7, 11) is 2.02. The molecular formula is C14H18N2S. The van der Waals surface area contributed by atoms with Crippen LogP contribution in [0.2, 0.25) is 0 Å². The van der Waals surface area contributed by atoms with Crippen molar-refractivity contribution in [3.63, 3.8) is 0 Å². The molecule has 3 heteroatoms. The molecule has 0 aliphatic carbocycles. The highest BCUT2D eigenvalue weighted by Crippen LogP contribution is 2.24. The van der Waals surface area contributed by atoms with Gasteiger partial charge in [-0.1, -0.05) is 30.3 Å². The second kappa shape index (κ2) is 5.94. The Bertz CT molecular complexity index is 450. The Labute approximate surface area is 107 Å². The van der Waals surface area contributed by atoms with Crippen molar-refractivity contribution >= 4 is 11.3 Å². The number of aromatic nitrogens is 1. The number of thiazole rings is 1. The van der Waals surface area contributed by atoms with Gasteiger partial charge >= 0.3 is 0 Å². The van der Waals surface area contributed by atoms with Gasteiger partial charge in [0.25, 0.3) is 0 Å². The van der Waals surface area contributed by atoms with E-state index in [1.54, 1.807) is 11.3 Å². The third-order valence-electron chi connectivity index (χ3n) is 2.90. The fourth-order valence-corrected chi connectivity index (χ4v) is 2.85. The van der Waals surface area contributed by atoms with E-state index in [1.807, 2.05) is 13.2 Å². The lowest BCUT2D eigenvalue weighted by atomic mass is 10.0. The molecule has 1 aromatic carbocycles. The van der Waals surface area contributed by atoms with Crippen LogP contribution in [-0.4, -0.2) is 12.0 Å². The minimum absolute atomic E-state index is 0.418. The smallest absolute Gasteiger partial charge is 0.0897 e. The fraction of sp³-hybridized carbons (Fsp3) is 0.357. The van der Waals surface area contributed by atoms with E-state index < -0.39 is 0 Å². The lowest BCUT2D eigenvalue weighted by Crippen LogP contribution is -2.15. The molecule has 90 valence electrons. The predicted molar refractivity (Wildman–Crippen MR) is 73.4 cm³/mol. The lowest BCUT2D eigenvalue weighted by molar-refractivity contribution is 0.557. The maximum absolute atomic E-state index is 4.32. The van der Waals surface area contributed by atoms with Crippen LogP contribution in [0.25, 0.3) is 0 Å². The average Bonchev–Trinajstić information content (AvgIpc) is 2.78. The number of nitrogens with zero attached hydrogens (tertiary/aromatic N) is 1. The van der Waals surface area contributed by atoms with E-state index in [0.717, 1.165) is 17.8 Å². The molecule has 0 amide bonds. The van der Waals surface area contributed by atoms with E-state index in [1.165, 1.54) is 10.4 Å². The van der Waals surface area contributed by atoms with Gasteiger partial charge in [0.15, 0.2) is 0 Å². The first-order valence-corrected chi connectivity index (χ1v) is 6.75. The molecule has 0 aliphatic rings. The van der Waals surface area contributed by atoms with Crippen LogP contribution in [0.4, 0.5) is 0 Å². The number of aryl methyl sites for hydroxylation is 2. The van der Waals surface area contributed by atoms with Gasteiger partial charge in [0.05, 0.1) is 5.01 Å². The molecule has 0 bridgehead atoms. The Morgan fingerprint density at radius 1 is 1.29 bits per heavy atom. The normalized spacial score (nSPS) is 12.6. The van der Waals surface area contributed by atoms with E-state index in [0.29, 0.717) is 6.04 Å². The van der Waals surface area contributed by atoms with Crippen LogP contribution in [0.1, 0.15) is 27.9 Å². The summed E-state index contributed by atoms with van der Waals surface area (Å²) in [5.41, 5.74) is 1.40. The van der Waals surface area contributed by atoms with Crippen molar-refractivity contribution in [2.45, 2.75) is 25.8 Å². The maximum Gasteiger partial charge on any atom is 0.0897 e. The van der Waals surface area contributed by atoms with Gasteiger partial charge in [0, 0.05) is 17.1 Å². The number of hydrogen-bond acceptors (Lipinski definition) is 3. The largest absolute Gasteiger partial charge is 0.312 e. The Balaban J connectivity index is 1.97. The van der Waals surface area contributed by atoms with Crippen molar-refractivity contribution in [2.75, 3.05) is 7.05 Å². The summed E-state index contributed by atoms with van der Waals surface area (Å²) in [5.74, 6) is 0. The third kappa shape index (κ3) is 3.38. The molecule has 2 rings (SSSR count). The molecule has 0 saturated heterocycles. The monoisotopic (exact) mass is 246 g/mol. The lowest BCUT2D eigenvalue weighted by Gasteiger charge is -2.13. The number of benzene rings is 1. The molecule has 0 aliphatic heterocycles. The highest BCUT2D eigenvalue weighted by Gasteiger charge is 2.11. The molecule has 1 heterocycles.